The van der Waals surface area contributed by atoms with Crippen LogP contribution in [0.25, 0.3) is 23.2 Å². The minimum absolute atomic E-state index is 0.158. The first-order valence-electron chi connectivity index (χ1n) is 8.65. The fourth-order valence-electron chi connectivity index (χ4n) is 2.71. The van der Waals surface area contributed by atoms with Crippen LogP contribution >= 0.6 is 0 Å². The van der Waals surface area contributed by atoms with Gasteiger partial charge in [-0.25, -0.2) is 0 Å². The van der Waals surface area contributed by atoms with E-state index >= 15 is 0 Å². The van der Waals surface area contributed by atoms with E-state index in [4.69, 9.17) is 9.68 Å². The molecule has 1 N–H and O–H groups in total. The van der Waals surface area contributed by atoms with Gasteiger partial charge in [-0.15, -0.1) is 5.10 Å². The summed E-state index contributed by atoms with van der Waals surface area (Å²) in [6, 6.07) is 21.4. The Morgan fingerprint density at radius 3 is 2.72 bits per heavy atom. The van der Waals surface area contributed by atoms with Gasteiger partial charge in [0.2, 0.25) is 0 Å². The summed E-state index contributed by atoms with van der Waals surface area (Å²) in [5, 5.41) is 23.6. The molecule has 0 unspecified atom stereocenters. The number of furan rings is 1. The molecular formula is C21H14N6O2. The topological polar surface area (TPSA) is 110 Å². The molecule has 0 atom stereocenters. The highest BCUT2D eigenvalue weighted by Crippen LogP contribution is 2.22. The van der Waals surface area contributed by atoms with Gasteiger partial charge in [-0.1, -0.05) is 36.4 Å². The zero-order chi connectivity index (χ0) is 20.1. The Morgan fingerprint density at radius 2 is 1.97 bits per heavy atom. The molecule has 2 aromatic carbocycles. The highest BCUT2D eigenvalue weighted by molar-refractivity contribution is 6.24. The van der Waals surface area contributed by atoms with Crippen LogP contribution in [0.1, 0.15) is 11.3 Å². The van der Waals surface area contributed by atoms with Gasteiger partial charge < -0.3 is 9.73 Å². The average molecular weight is 382 g/mol. The Morgan fingerprint density at radius 1 is 1.10 bits per heavy atom. The Labute approximate surface area is 165 Å². The average Bonchev–Trinajstić information content (AvgIpc) is 3.44. The van der Waals surface area contributed by atoms with Crippen molar-refractivity contribution in [3.63, 3.8) is 0 Å². The van der Waals surface area contributed by atoms with Crippen LogP contribution < -0.4 is 5.32 Å². The fourth-order valence-corrected chi connectivity index (χ4v) is 2.71. The molecule has 4 aromatic rings. The smallest absolute Gasteiger partial charge is 0.274 e. The third-order valence-electron chi connectivity index (χ3n) is 4.03. The summed E-state index contributed by atoms with van der Waals surface area (Å²) >= 11 is 0. The number of hydrogen-bond donors (Lipinski definition) is 1. The number of rotatable bonds is 5. The number of carbonyl (C=O) groups is 1. The number of anilines is 1. The second-order valence-corrected chi connectivity index (χ2v) is 5.97. The van der Waals surface area contributed by atoms with E-state index < -0.39 is 5.91 Å². The van der Waals surface area contributed by atoms with Crippen molar-refractivity contribution in [2.24, 2.45) is 0 Å². The van der Waals surface area contributed by atoms with E-state index in [1.165, 1.54) is 10.9 Å². The van der Waals surface area contributed by atoms with E-state index in [1.54, 1.807) is 42.5 Å². The molecular weight excluding hydrogens is 368 g/mol. The minimum Gasteiger partial charge on any atom is -0.465 e. The summed E-state index contributed by atoms with van der Waals surface area (Å²) in [5.41, 5.74) is 1.83. The Balaban J connectivity index is 1.75. The van der Waals surface area contributed by atoms with Crippen molar-refractivity contribution in [2.75, 3.05) is 5.32 Å². The number of nitrogens with zero attached hydrogens (tertiary/aromatic N) is 5. The molecule has 0 spiro atoms. The fraction of sp³-hybridized carbons (Fsp3) is 0. The zero-order valence-corrected chi connectivity index (χ0v) is 15.1. The van der Waals surface area contributed by atoms with Crippen LogP contribution in [-0.2, 0) is 4.79 Å². The molecule has 0 fully saturated rings. The monoisotopic (exact) mass is 382 g/mol. The molecule has 0 aliphatic rings. The quantitative estimate of drug-likeness (QED) is 0.530. The molecule has 0 saturated heterocycles. The summed E-state index contributed by atoms with van der Waals surface area (Å²) in [6.07, 6.45) is 3.06. The second-order valence-electron chi connectivity index (χ2n) is 5.97. The normalized spacial score (nSPS) is 11.1. The van der Waals surface area contributed by atoms with Crippen molar-refractivity contribution in [1.29, 1.82) is 5.26 Å². The van der Waals surface area contributed by atoms with Gasteiger partial charge in [0.1, 0.15) is 11.5 Å². The first kappa shape index (κ1) is 17.9. The van der Waals surface area contributed by atoms with Gasteiger partial charge in [0.05, 0.1) is 17.9 Å². The first-order valence-corrected chi connectivity index (χ1v) is 8.65. The zero-order valence-electron chi connectivity index (χ0n) is 15.1. The SMILES string of the molecule is N#Cc1cccc(NC(=O)/C(=C/c2ccco2)n2nnnc2-c2ccccc2)c1. The maximum Gasteiger partial charge on any atom is 0.274 e. The number of hydrogen-bond acceptors (Lipinski definition) is 6. The molecule has 0 bridgehead atoms. The summed E-state index contributed by atoms with van der Waals surface area (Å²) in [7, 11) is 0. The minimum atomic E-state index is -0.457. The predicted octanol–water partition coefficient (Wildman–Crippen LogP) is 3.44. The van der Waals surface area contributed by atoms with Crippen molar-refractivity contribution < 1.29 is 9.21 Å². The molecule has 8 nitrogen and oxygen atoms in total. The molecule has 0 saturated carbocycles. The van der Waals surface area contributed by atoms with Gasteiger partial charge in [-0.05, 0) is 40.8 Å². The third-order valence-corrected chi connectivity index (χ3v) is 4.03. The lowest BCUT2D eigenvalue weighted by molar-refractivity contribution is -0.111. The van der Waals surface area contributed by atoms with Crippen molar-refractivity contribution in [3.8, 4) is 17.5 Å². The number of amides is 1. The lowest BCUT2D eigenvalue weighted by atomic mass is 10.2. The van der Waals surface area contributed by atoms with Crippen LogP contribution in [0.4, 0.5) is 5.69 Å². The highest BCUT2D eigenvalue weighted by Gasteiger charge is 2.20. The third kappa shape index (κ3) is 3.94. The van der Waals surface area contributed by atoms with Crippen molar-refractivity contribution in [3.05, 3.63) is 84.3 Å². The van der Waals surface area contributed by atoms with Crippen LogP contribution in [0, 0.1) is 11.3 Å². The summed E-state index contributed by atoms with van der Waals surface area (Å²) < 4.78 is 6.71. The Bertz CT molecular complexity index is 1200. The summed E-state index contributed by atoms with van der Waals surface area (Å²) in [4.78, 5) is 13.1. The van der Waals surface area contributed by atoms with Crippen LogP contribution in [-0.4, -0.2) is 26.1 Å². The second kappa shape index (κ2) is 8.02. The number of nitriles is 1. The van der Waals surface area contributed by atoms with E-state index in [1.807, 2.05) is 36.4 Å². The standard InChI is InChI=1S/C21H14N6O2/c22-14-15-6-4-9-17(12-15)23-21(28)19(13-18-10-5-11-29-18)27-20(24-25-26-27)16-7-2-1-3-8-16/h1-13H,(H,23,28)/b19-13-. The lowest BCUT2D eigenvalue weighted by Crippen LogP contribution is -2.19. The number of nitrogens with one attached hydrogen (secondary N) is 1. The number of benzene rings is 2. The molecule has 8 heteroatoms. The van der Waals surface area contributed by atoms with Gasteiger partial charge in [0, 0.05) is 17.3 Å². The van der Waals surface area contributed by atoms with Gasteiger partial charge in [-0.2, -0.15) is 9.94 Å². The van der Waals surface area contributed by atoms with Crippen molar-refractivity contribution in [1.82, 2.24) is 20.2 Å². The van der Waals surface area contributed by atoms with Crippen molar-refractivity contribution >= 4 is 23.4 Å². The van der Waals surface area contributed by atoms with Gasteiger partial charge >= 0.3 is 0 Å². The largest absolute Gasteiger partial charge is 0.465 e. The molecule has 4 rings (SSSR count). The summed E-state index contributed by atoms with van der Waals surface area (Å²) in [5.74, 6) is 0.417. The van der Waals surface area contributed by atoms with Gasteiger partial charge in [-0.3, -0.25) is 4.79 Å². The molecule has 0 radical (unpaired) electrons. The lowest BCUT2D eigenvalue weighted by Gasteiger charge is -2.10. The Hall–Kier alpha value is -4.51. The molecule has 1 amide bonds. The molecule has 0 aliphatic carbocycles. The number of tetrazole rings is 1. The first-order chi connectivity index (χ1) is 14.2. The van der Waals surface area contributed by atoms with E-state index in [9.17, 15) is 4.79 Å². The number of aromatic nitrogens is 4. The van der Waals surface area contributed by atoms with Crippen LogP contribution in [0.5, 0.6) is 0 Å². The van der Waals surface area contributed by atoms with Crippen LogP contribution in [0.2, 0.25) is 0 Å². The molecule has 0 aliphatic heterocycles. The molecule has 29 heavy (non-hydrogen) atoms. The van der Waals surface area contributed by atoms with E-state index in [0.717, 1.165) is 5.56 Å². The van der Waals surface area contributed by atoms with Crippen LogP contribution in [0.15, 0.2) is 77.4 Å². The van der Waals surface area contributed by atoms with Gasteiger partial charge in [0.15, 0.2) is 5.82 Å². The maximum absolute atomic E-state index is 13.1. The summed E-state index contributed by atoms with van der Waals surface area (Å²) in [6.45, 7) is 0. The van der Waals surface area contributed by atoms with E-state index in [0.29, 0.717) is 22.8 Å². The Kier molecular flexibility index (Phi) is 4.95. The van der Waals surface area contributed by atoms with E-state index in [2.05, 4.69) is 20.8 Å². The maximum atomic E-state index is 13.1. The molecule has 2 heterocycles. The molecule has 140 valence electrons. The highest BCUT2D eigenvalue weighted by atomic mass is 16.3. The van der Waals surface area contributed by atoms with E-state index in [-0.39, 0.29) is 5.70 Å². The molecule has 2 aromatic heterocycles. The van der Waals surface area contributed by atoms with Crippen LogP contribution in [0.3, 0.4) is 0 Å². The van der Waals surface area contributed by atoms with Crippen molar-refractivity contribution in [2.45, 2.75) is 0 Å². The number of carbonyl (C=O) groups excluding carboxylic acids is 1. The van der Waals surface area contributed by atoms with Gasteiger partial charge in [0.25, 0.3) is 5.91 Å². The predicted molar refractivity (Wildman–Crippen MR) is 106 cm³/mol.